The van der Waals surface area contributed by atoms with Gasteiger partial charge in [0.15, 0.2) is 5.75 Å². The van der Waals surface area contributed by atoms with Crippen molar-refractivity contribution >= 4 is 11.0 Å². The highest BCUT2D eigenvalue weighted by Crippen LogP contribution is 2.33. The number of rotatable bonds is 4. The normalized spacial score (nSPS) is 11.0. The Morgan fingerprint density at radius 1 is 1.38 bits per heavy atom. The van der Waals surface area contributed by atoms with E-state index in [9.17, 15) is 5.26 Å². The van der Waals surface area contributed by atoms with E-state index in [0.717, 1.165) is 11.1 Å². The van der Waals surface area contributed by atoms with Crippen LogP contribution in [0.25, 0.3) is 11.0 Å². The summed E-state index contributed by atoms with van der Waals surface area (Å²) in [4.78, 5) is 4.14. The summed E-state index contributed by atoms with van der Waals surface area (Å²) in [5.41, 5.74) is 1.61. The summed E-state index contributed by atoms with van der Waals surface area (Å²) in [6.45, 7) is 4.51. The molecule has 1 aromatic carbocycles. The Kier molecular flexibility index (Phi) is 3.36. The van der Waals surface area contributed by atoms with E-state index in [2.05, 4.69) is 18.8 Å². The Labute approximate surface area is 122 Å². The smallest absolute Gasteiger partial charge is 0.246 e. The van der Waals surface area contributed by atoms with Gasteiger partial charge < -0.3 is 13.7 Å². The summed E-state index contributed by atoms with van der Waals surface area (Å²) in [5.74, 6) is 0.691. The van der Waals surface area contributed by atoms with Crippen molar-refractivity contribution in [2.45, 2.75) is 26.5 Å². The molecule has 0 spiro atoms. The standard InChI is InChI=1S/C16H15N3O2/c1-11(2)19-10-18-8-12(19)9-20-16-13-5-3-4-6-14(13)21-15(16)7-17/h3-6,8,10-11H,9H2,1-2H3. The Balaban J connectivity index is 1.92. The van der Waals surface area contributed by atoms with Gasteiger partial charge in [-0.2, -0.15) is 5.26 Å². The van der Waals surface area contributed by atoms with Gasteiger partial charge in [0.25, 0.3) is 0 Å². The maximum Gasteiger partial charge on any atom is 0.246 e. The van der Waals surface area contributed by atoms with Crippen LogP contribution in [0.5, 0.6) is 5.75 Å². The fourth-order valence-electron chi connectivity index (χ4n) is 2.29. The van der Waals surface area contributed by atoms with Gasteiger partial charge in [0, 0.05) is 6.04 Å². The summed E-state index contributed by atoms with van der Waals surface area (Å²) in [5, 5.41) is 9.99. The first kappa shape index (κ1) is 13.3. The first-order valence-corrected chi connectivity index (χ1v) is 6.76. The highest BCUT2D eigenvalue weighted by molar-refractivity contribution is 5.86. The van der Waals surface area contributed by atoms with E-state index in [-0.39, 0.29) is 5.76 Å². The molecule has 106 valence electrons. The van der Waals surface area contributed by atoms with Crippen LogP contribution < -0.4 is 4.74 Å². The minimum atomic E-state index is 0.201. The van der Waals surface area contributed by atoms with Crippen molar-refractivity contribution in [2.24, 2.45) is 0 Å². The molecule has 2 heterocycles. The van der Waals surface area contributed by atoms with E-state index in [1.807, 2.05) is 34.9 Å². The topological polar surface area (TPSA) is 64.0 Å². The van der Waals surface area contributed by atoms with Crippen LogP contribution in [0, 0.1) is 11.3 Å². The Morgan fingerprint density at radius 2 is 2.19 bits per heavy atom. The molecular weight excluding hydrogens is 266 g/mol. The predicted molar refractivity (Wildman–Crippen MR) is 77.9 cm³/mol. The van der Waals surface area contributed by atoms with Gasteiger partial charge >= 0.3 is 0 Å². The Bertz CT molecular complexity index is 808. The largest absolute Gasteiger partial charge is 0.482 e. The fraction of sp³-hybridized carbons (Fsp3) is 0.250. The van der Waals surface area contributed by atoms with Gasteiger partial charge in [0.1, 0.15) is 18.3 Å². The van der Waals surface area contributed by atoms with Crippen LogP contribution >= 0.6 is 0 Å². The number of para-hydroxylation sites is 1. The number of furan rings is 1. The van der Waals surface area contributed by atoms with Gasteiger partial charge in [-0.1, -0.05) is 12.1 Å². The molecule has 0 aliphatic carbocycles. The second-order valence-corrected chi connectivity index (χ2v) is 5.04. The van der Waals surface area contributed by atoms with Crippen LogP contribution in [0.15, 0.2) is 41.2 Å². The molecule has 3 aromatic rings. The zero-order chi connectivity index (χ0) is 14.8. The van der Waals surface area contributed by atoms with E-state index >= 15 is 0 Å². The van der Waals surface area contributed by atoms with Crippen molar-refractivity contribution in [3.63, 3.8) is 0 Å². The van der Waals surface area contributed by atoms with Crippen molar-refractivity contribution in [3.05, 3.63) is 48.2 Å². The third kappa shape index (κ3) is 2.36. The monoisotopic (exact) mass is 281 g/mol. The van der Waals surface area contributed by atoms with Gasteiger partial charge in [-0.25, -0.2) is 4.98 Å². The lowest BCUT2D eigenvalue weighted by atomic mass is 10.2. The first-order chi connectivity index (χ1) is 10.2. The fourth-order valence-corrected chi connectivity index (χ4v) is 2.29. The number of hydrogen-bond donors (Lipinski definition) is 0. The van der Waals surface area contributed by atoms with Crippen molar-refractivity contribution in [1.29, 1.82) is 5.26 Å². The molecule has 2 aromatic heterocycles. The molecule has 0 unspecified atom stereocenters. The lowest BCUT2D eigenvalue weighted by Crippen LogP contribution is -2.07. The van der Waals surface area contributed by atoms with E-state index < -0.39 is 0 Å². The first-order valence-electron chi connectivity index (χ1n) is 6.76. The predicted octanol–water partition coefficient (Wildman–Crippen LogP) is 3.66. The molecule has 5 heteroatoms. The number of nitriles is 1. The Morgan fingerprint density at radius 3 is 2.95 bits per heavy atom. The van der Waals surface area contributed by atoms with Crippen molar-refractivity contribution in [3.8, 4) is 11.8 Å². The molecule has 0 saturated heterocycles. The second kappa shape index (κ2) is 5.33. The molecule has 0 atom stereocenters. The number of hydrogen-bond acceptors (Lipinski definition) is 4. The number of benzene rings is 1. The van der Waals surface area contributed by atoms with Crippen LogP contribution in [0.2, 0.25) is 0 Å². The quantitative estimate of drug-likeness (QED) is 0.732. The molecular formula is C16H15N3O2. The van der Waals surface area contributed by atoms with Crippen LogP contribution in [0.3, 0.4) is 0 Å². The highest BCUT2D eigenvalue weighted by atomic mass is 16.5. The number of aromatic nitrogens is 2. The summed E-state index contributed by atoms with van der Waals surface area (Å²) < 4.78 is 13.4. The highest BCUT2D eigenvalue weighted by Gasteiger charge is 2.16. The van der Waals surface area contributed by atoms with Crippen molar-refractivity contribution < 1.29 is 9.15 Å². The minimum Gasteiger partial charge on any atom is -0.482 e. The maximum absolute atomic E-state index is 9.18. The van der Waals surface area contributed by atoms with Crippen molar-refractivity contribution in [2.75, 3.05) is 0 Å². The maximum atomic E-state index is 9.18. The molecule has 0 aliphatic heterocycles. The van der Waals surface area contributed by atoms with E-state index in [4.69, 9.17) is 9.15 Å². The van der Waals surface area contributed by atoms with Crippen LogP contribution in [0.1, 0.15) is 31.3 Å². The minimum absolute atomic E-state index is 0.201. The molecule has 0 aliphatic rings. The van der Waals surface area contributed by atoms with Gasteiger partial charge in [-0.15, -0.1) is 0 Å². The van der Waals surface area contributed by atoms with E-state index in [1.54, 1.807) is 12.5 Å². The molecule has 3 rings (SSSR count). The average molecular weight is 281 g/mol. The molecule has 0 amide bonds. The molecule has 5 nitrogen and oxygen atoms in total. The van der Waals surface area contributed by atoms with Crippen LogP contribution in [-0.2, 0) is 6.61 Å². The molecule has 0 fully saturated rings. The Hall–Kier alpha value is -2.74. The number of fused-ring (bicyclic) bond motifs is 1. The zero-order valence-corrected chi connectivity index (χ0v) is 11.9. The molecule has 0 bridgehead atoms. The third-order valence-electron chi connectivity index (χ3n) is 3.32. The molecule has 0 N–H and O–H groups in total. The van der Waals surface area contributed by atoms with Gasteiger partial charge in [-0.05, 0) is 26.0 Å². The number of nitrogens with zero attached hydrogens (tertiary/aromatic N) is 3. The number of ether oxygens (including phenoxy) is 1. The summed E-state index contributed by atoms with van der Waals surface area (Å²) in [6.07, 6.45) is 3.55. The third-order valence-corrected chi connectivity index (χ3v) is 3.32. The van der Waals surface area contributed by atoms with Gasteiger partial charge in [-0.3, -0.25) is 0 Å². The molecule has 0 radical (unpaired) electrons. The SMILES string of the molecule is CC(C)n1cncc1COc1c(C#N)oc2ccccc12. The van der Waals surface area contributed by atoms with E-state index in [0.29, 0.717) is 24.0 Å². The molecule has 21 heavy (non-hydrogen) atoms. The van der Waals surface area contributed by atoms with Crippen LogP contribution in [0.4, 0.5) is 0 Å². The van der Waals surface area contributed by atoms with Crippen molar-refractivity contribution in [1.82, 2.24) is 9.55 Å². The second-order valence-electron chi connectivity index (χ2n) is 5.04. The summed E-state index contributed by atoms with van der Waals surface area (Å²) in [6, 6.07) is 9.81. The summed E-state index contributed by atoms with van der Waals surface area (Å²) in [7, 11) is 0. The van der Waals surface area contributed by atoms with E-state index in [1.165, 1.54) is 0 Å². The average Bonchev–Trinajstić information content (AvgIpc) is 3.09. The summed E-state index contributed by atoms with van der Waals surface area (Å²) >= 11 is 0. The van der Waals surface area contributed by atoms with Gasteiger partial charge in [0.2, 0.25) is 5.76 Å². The molecule has 0 saturated carbocycles. The van der Waals surface area contributed by atoms with Crippen LogP contribution in [-0.4, -0.2) is 9.55 Å². The number of imidazole rings is 1. The lowest BCUT2D eigenvalue weighted by molar-refractivity contribution is 0.290. The lowest BCUT2D eigenvalue weighted by Gasteiger charge is -2.12. The zero-order valence-electron chi connectivity index (χ0n) is 11.9. The van der Waals surface area contributed by atoms with Gasteiger partial charge in [0.05, 0.1) is 23.6 Å².